The molecular formula is C15H30N2O. The van der Waals surface area contributed by atoms with Crippen molar-refractivity contribution in [2.24, 2.45) is 23.5 Å². The SMILES string of the molecule is CC(C)CCN(C)C(=O)C(C)C1CCCC(N)C1. The number of carbonyl (C=O) groups excluding carboxylic acids is 1. The molecular weight excluding hydrogens is 224 g/mol. The van der Waals surface area contributed by atoms with E-state index in [9.17, 15) is 4.79 Å². The summed E-state index contributed by atoms with van der Waals surface area (Å²) in [6.45, 7) is 7.35. The van der Waals surface area contributed by atoms with Crippen molar-refractivity contribution in [1.29, 1.82) is 0 Å². The van der Waals surface area contributed by atoms with Gasteiger partial charge in [-0.1, -0.05) is 27.2 Å². The second-order valence-corrected chi connectivity index (χ2v) is 6.42. The molecule has 1 amide bonds. The van der Waals surface area contributed by atoms with Gasteiger partial charge in [-0.3, -0.25) is 4.79 Å². The predicted octanol–water partition coefficient (Wildman–Crippen LogP) is 2.64. The summed E-state index contributed by atoms with van der Waals surface area (Å²) in [4.78, 5) is 14.3. The Kier molecular flexibility index (Phi) is 6.13. The summed E-state index contributed by atoms with van der Waals surface area (Å²) in [5.41, 5.74) is 6.01. The van der Waals surface area contributed by atoms with Gasteiger partial charge < -0.3 is 10.6 Å². The lowest BCUT2D eigenvalue weighted by Gasteiger charge is -2.32. The van der Waals surface area contributed by atoms with Crippen molar-refractivity contribution < 1.29 is 4.79 Å². The van der Waals surface area contributed by atoms with E-state index < -0.39 is 0 Å². The van der Waals surface area contributed by atoms with E-state index in [0.717, 1.165) is 25.8 Å². The fourth-order valence-corrected chi connectivity index (χ4v) is 2.83. The van der Waals surface area contributed by atoms with Gasteiger partial charge in [-0.2, -0.15) is 0 Å². The van der Waals surface area contributed by atoms with E-state index in [-0.39, 0.29) is 5.92 Å². The lowest BCUT2D eigenvalue weighted by atomic mass is 9.78. The number of nitrogens with two attached hydrogens (primary N) is 1. The summed E-state index contributed by atoms with van der Waals surface area (Å²) < 4.78 is 0. The molecule has 0 aromatic rings. The van der Waals surface area contributed by atoms with Crippen LogP contribution in [0, 0.1) is 17.8 Å². The van der Waals surface area contributed by atoms with Crippen LogP contribution in [0.5, 0.6) is 0 Å². The molecule has 1 rings (SSSR count). The third-order valence-electron chi connectivity index (χ3n) is 4.27. The molecule has 0 saturated heterocycles. The average molecular weight is 254 g/mol. The highest BCUT2D eigenvalue weighted by Crippen LogP contribution is 2.30. The van der Waals surface area contributed by atoms with Crippen molar-refractivity contribution in [3.63, 3.8) is 0 Å². The maximum atomic E-state index is 12.3. The van der Waals surface area contributed by atoms with Crippen LogP contribution in [0.15, 0.2) is 0 Å². The molecule has 3 unspecified atom stereocenters. The van der Waals surface area contributed by atoms with Crippen molar-refractivity contribution in [2.45, 2.75) is 58.9 Å². The number of rotatable bonds is 5. The van der Waals surface area contributed by atoms with E-state index in [1.807, 2.05) is 11.9 Å². The van der Waals surface area contributed by atoms with Gasteiger partial charge in [0.05, 0.1) is 0 Å². The third kappa shape index (κ3) is 4.60. The first kappa shape index (κ1) is 15.5. The molecule has 1 fully saturated rings. The van der Waals surface area contributed by atoms with Crippen LogP contribution in [0.2, 0.25) is 0 Å². The Morgan fingerprint density at radius 3 is 2.56 bits per heavy atom. The first-order valence-corrected chi connectivity index (χ1v) is 7.42. The molecule has 106 valence electrons. The van der Waals surface area contributed by atoms with Crippen LogP contribution in [0.4, 0.5) is 0 Å². The minimum absolute atomic E-state index is 0.133. The second-order valence-electron chi connectivity index (χ2n) is 6.42. The quantitative estimate of drug-likeness (QED) is 0.820. The van der Waals surface area contributed by atoms with Gasteiger partial charge in [0.25, 0.3) is 0 Å². The van der Waals surface area contributed by atoms with E-state index in [1.54, 1.807) is 0 Å². The Bertz CT molecular complexity index is 265. The van der Waals surface area contributed by atoms with Gasteiger partial charge in [0.2, 0.25) is 5.91 Å². The lowest BCUT2D eigenvalue weighted by molar-refractivity contribution is -0.136. The minimum atomic E-state index is 0.133. The predicted molar refractivity (Wildman–Crippen MR) is 76.2 cm³/mol. The molecule has 1 aliphatic rings. The zero-order valence-electron chi connectivity index (χ0n) is 12.5. The fourth-order valence-electron chi connectivity index (χ4n) is 2.83. The number of hydrogen-bond acceptors (Lipinski definition) is 2. The Hall–Kier alpha value is -0.570. The molecule has 1 aliphatic carbocycles. The highest BCUT2D eigenvalue weighted by molar-refractivity contribution is 5.78. The Morgan fingerprint density at radius 1 is 1.33 bits per heavy atom. The van der Waals surface area contributed by atoms with Crippen LogP contribution in [0.25, 0.3) is 0 Å². The summed E-state index contributed by atoms with van der Waals surface area (Å²) in [5, 5.41) is 0. The molecule has 3 atom stereocenters. The average Bonchev–Trinajstić information content (AvgIpc) is 2.34. The van der Waals surface area contributed by atoms with Gasteiger partial charge in [0, 0.05) is 25.6 Å². The van der Waals surface area contributed by atoms with Gasteiger partial charge in [-0.05, 0) is 37.5 Å². The highest BCUT2D eigenvalue weighted by atomic mass is 16.2. The van der Waals surface area contributed by atoms with Gasteiger partial charge in [-0.25, -0.2) is 0 Å². The lowest BCUT2D eigenvalue weighted by Crippen LogP contribution is -2.39. The maximum absolute atomic E-state index is 12.3. The second kappa shape index (κ2) is 7.13. The number of carbonyl (C=O) groups is 1. The van der Waals surface area contributed by atoms with Crippen LogP contribution in [0.1, 0.15) is 52.9 Å². The molecule has 0 spiro atoms. The number of nitrogens with zero attached hydrogens (tertiary/aromatic N) is 1. The maximum Gasteiger partial charge on any atom is 0.225 e. The van der Waals surface area contributed by atoms with Crippen molar-refractivity contribution in [3.8, 4) is 0 Å². The zero-order chi connectivity index (χ0) is 13.7. The van der Waals surface area contributed by atoms with E-state index >= 15 is 0 Å². The standard InChI is InChI=1S/C15H30N2O/c1-11(2)8-9-17(4)15(18)12(3)13-6-5-7-14(16)10-13/h11-14H,5-10,16H2,1-4H3. The monoisotopic (exact) mass is 254 g/mol. The summed E-state index contributed by atoms with van der Waals surface area (Å²) in [5.74, 6) is 1.57. The molecule has 0 radical (unpaired) electrons. The van der Waals surface area contributed by atoms with Crippen molar-refractivity contribution in [1.82, 2.24) is 4.90 Å². The Morgan fingerprint density at radius 2 is 2.00 bits per heavy atom. The zero-order valence-corrected chi connectivity index (χ0v) is 12.5. The molecule has 0 aromatic carbocycles. The summed E-state index contributed by atoms with van der Waals surface area (Å²) in [7, 11) is 1.93. The normalized spacial score (nSPS) is 26.1. The minimum Gasteiger partial charge on any atom is -0.346 e. The van der Waals surface area contributed by atoms with Crippen molar-refractivity contribution >= 4 is 5.91 Å². The topological polar surface area (TPSA) is 46.3 Å². The van der Waals surface area contributed by atoms with Gasteiger partial charge >= 0.3 is 0 Å². The molecule has 0 heterocycles. The first-order valence-electron chi connectivity index (χ1n) is 7.42. The molecule has 0 aromatic heterocycles. The summed E-state index contributed by atoms with van der Waals surface area (Å²) in [6.07, 6.45) is 5.57. The largest absolute Gasteiger partial charge is 0.346 e. The van der Waals surface area contributed by atoms with Gasteiger partial charge in [0.1, 0.15) is 0 Å². The first-order chi connectivity index (χ1) is 8.41. The highest BCUT2D eigenvalue weighted by Gasteiger charge is 2.29. The van der Waals surface area contributed by atoms with E-state index in [0.29, 0.717) is 23.8 Å². The van der Waals surface area contributed by atoms with Crippen LogP contribution in [-0.2, 0) is 4.79 Å². The third-order valence-corrected chi connectivity index (χ3v) is 4.27. The molecule has 0 bridgehead atoms. The molecule has 18 heavy (non-hydrogen) atoms. The van der Waals surface area contributed by atoms with Crippen molar-refractivity contribution in [2.75, 3.05) is 13.6 Å². The summed E-state index contributed by atoms with van der Waals surface area (Å²) in [6, 6.07) is 0.306. The van der Waals surface area contributed by atoms with Crippen molar-refractivity contribution in [3.05, 3.63) is 0 Å². The molecule has 1 saturated carbocycles. The fraction of sp³-hybridized carbons (Fsp3) is 0.933. The molecule has 3 nitrogen and oxygen atoms in total. The van der Waals surface area contributed by atoms with Crippen LogP contribution in [-0.4, -0.2) is 30.4 Å². The van der Waals surface area contributed by atoms with E-state index in [4.69, 9.17) is 5.73 Å². The molecule has 0 aliphatic heterocycles. The molecule has 3 heteroatoms. The Labute approximate surface area is 112 Å². The summed E-state index contributed by atoms with van der Waals surface area (Å²) >= 11 is 0. The van der Waals surface area contributed by atoms with Crippen LogP contribution in [0.3, 0.4) is 0 Å². The van der Waals surface area contributed by atoms with E-state index in [2.05, 4.69) is 20.8 Å². The van der Waals surface area contributed by atoms with E-state index in [1.165, 1.54) is 12.8 Å². The van der Waals surface area contributed by atoms with Gasteiger partial charge in [0.15, 0.2) is 0 Å². The molecule has 2 N–H and O–H groups in total. The Balaban J connectivity index is 2.44. The number of hydrogen-bond donors (Lipinski definition) is 1. The van der Waals surface area contributed by atoms with Crippen LogP contribution >= 0.6 is 0 Å². The van der Waals surface area contributed by atoms with Crippen LogP contribution < -0.4 is 5.73 Å². The number of amides is 1. The smallest absolute Gasteiger partial charge is 0.225 e. The van der Waals surface area contributed by atoms with Gasteiger partial charge in [-0.15, -0.1) is 0 Å².